The number of hydrogen-bond donors (Lipinski definition) is 2. The highest BCUT2D eigenvalue weighted by Gasteiger charge is 2.39. The number of ether oxygens (including phenoxy) is 1. The highest BCUT2D eigenvalue weighted by atomic mass is 16.5. The maximum atomic E-state index is 12.3. The van der Waals surface area contributed by atoms with Gasteiger partial charge in [0.15, 0.2) is 0 Å². The first kappa shape index (κ1) is 13.9. The molecule has 2 aliphatic rings. The molecule has 2 N–H and O–H groups in total. The lowest BCUT2D eigenvalue weighted by atomic mass is 9.85. The van der Waals surface area contributed by atoms with E-state index in [1.165, 1.54) is 4.90 Å². The Morgan fingerprint density at radius 1 is 1.43 bits per heavy atom. The number of piperidine rings is 2. The lowest BCUT2D eigenvalue weighted by Crippen LogP contribution is -2.57. The monoisotopic (exact) mass is 289 g/mol. The fraction of sp³-hybridized carbons (Fsp3) is 0.467. The zero-order valence-corrected chi connectivity index (χ0v) is 12.0. The predicted octanol–water partition coefficient (Wildman–Crippen LogP) is 1.29. The zero-order chi connectivity index (χ0) is 14.8. The summed E-state index contributed by atoms with van der Waals surface area (Å²) in [5, 5.41) is 6.02. The number of anilines is 1. The summed E-state index contributed by atoms with van der Waals surface area (Å²) in [4.78, 5) is 26.0. The van der Waals surface area contributed by atoms with Gasteiger partial charge in [-0.25, -0.2) is 4.79 Å². The van der Waals surface area contributed by atoms with Gasteiger partial charge < -0.3 is 15.4 Å². The molecule has 0 saturated carbocycles. The summed E-state index contributed by atoms with van der Waals surface area (Å²) in [5.74, 6) is 0.865. The molecule has 6 nitrogen and oxygen atoms in total. The van der Waals surface area contributed by atoms with Gasteiger partial charge in [0.25, 0.3) is 0 Å². The molecular formula is C15H19N3O3. The quantitative estimate of drug-likeness (QED) is 0.861. The Hall–Kier alpha value is -2.08. The molecule has 3 rings (SSSR count). The first-order chi connectivity index (χ1) is 10.2. The Morgan fingerprint density at radius 2 is 2.29 bits per heavy atom. The summed E-state index contributed by atoms with van der Waals surface area (Å²) >= 11 is 0. The van der Waals surface area contributed by atoms with Crippen molar-refractivity contribution in [3.05, 3.63) is 24.3 Å². The SMILES string of the molecule is COc1cccc(NC(=O)N2CC3CNCC(C3)C2=O)c1. The maximum Gasteiger partial charge on any atom is 0.328 e. The van der Waals surface area contributed by atoms with Crippen LogP contribution in [0.5, 0.6) is 5.75 Å². The van der Waals surface area contributed by atoms with Crippen molar-refractivity contribution < 1.29 is 14.3 Å². The Kier molecular flexibility index (Phi) is 3.79. The van der Waals surface area contributed by atoms with Gasteiger partial charge in [-0.05, 0) is 31.0 Å². The fourth-order valence-corrected chi connectivity index (χ4v) is 3.00. The van der Waals surface area contributed by atoms with Crippen LogP contribution in [0.1, 0.15) is 6.42 Å². The second-order valence-electron chi connectivity index (χ2n) is 5.57. The van der Waals surface area contributed by atoms with Crippen LogP contribution in [0.15, 0.2) is 24.3 Å². The fourth-order valence-electron chi connectivity index (χ4n) is 3.00. The van der Waals surface area contributed by atoms with Gasteiger partial charge in [-0.1, -0.05) is 6.07 Å². The summed E-state index contributed by atoms with van der Waals surface area (Å²) < 4.78 is 5.12. The molecule has 2 bridgehead atoms. The lowest BCUT2D eigenvalue weighted by molar-refractivity contribution is -0.137. The second kappa shape index (κ2) is 5.73. The molecule has 0 spiro atoms. The third-order valence-electron chi connectivity index (χ3n) is 4.06. The number of carbonyl (C=O) groups is 2. The van der Waals surface area contributed by atoms with Crippen molar-refractivity contribution in [1.29, 1.82) is 0 Å². The predicted molar refractivity (Wildman–Crippen MR) is 78.2 cm³/mol. The van der Waals surface area contributed by atoms with E-state index < -0.39 is 0 Å². The summed E-state index contributed by atoms with van der Waals surface area (Å²) in [5.41, 5.74) is 0.626. The van der Waals surface area contributed by atoms with Gasteiger partial charge in [0.2, 0.25) is 5.91 Å². The van der Waals surface area contributed by atoms with Crippen LogP contribution in [-0.2, 0) is 4.79 Å². The molecular weight excluding hydrogens is 270 g/mol. The molecule has 2 atom stereocenters. The van der Waals surface area contributed by atoms with Crippen molar-refractivity contribution in [3.63, 3.8) is 0 Å². The van der Waals surface area contributed by atoms with Crippen LogP contribution in [0.4, 0.5) is 10.5 Å². The van der Waals surface area contributed by atoms with E-state index in [4.69, 9.17) is 4.74 Å². The van der Waals surface area contributed by atoms with Crippen LogP contribution in [0.3, 0.4) is 0 Å². The van der Waals surface area contributed by atoms with Crippen LogP contribution < -0.4 is 15.4 Å². The molecule has 3 amide bonds. The number of benzene rings is 1. The minimum absolute atomic E-state index is 0.0754. The van der Waals surface area contributed by atoms with Crippen LogP contribution in [-0.4, -0.2) is 43.6 Å². The largest absolute Gasteiger partial charge is 0.497 e. The van der Waals surface area contributed by atoms with Crippen LogP contribution in [0, 0.1) is 11.8 Å². The van der Waals surface area contributed by atoms with Crippen molar-refractivity contribution >= 4 is 17.6 Å². The molecule has 2 aliphatic heterocycles. The third-order valence-corrected chi connectivity index (χ3v) is 4.06. The van der Waals surface area contributed by atoms with Gasteiger partial charge in [-0.2, -0.15) is 0 Å². The third kappa shape index (κ3) is 2.85. The molecule has 6 heteroatoms. The highest BCUT2D eigenvalue weighted by molar-refractivity contribution is 6.02. The highest BCUT2D eigenvalue weighted by Crippen LogP contribution is 2.26. The second-order valence-corrected chi connectivity index (χ2v) is 5.57. The normalized spacial score (nSPS) is 24.6. The first-order valence-electron chi connectivity index (χ1n) is 7.14. The molecule has 2 saturated heterocycles. The van der Waals surface area contributed by atoms with E-state index in [1.54, 1.807) is 31.4 Å². The Morgan fingerprint density at radius 3 is 3.10 bits per heavy atom. The molecule has 112 valence electrons. The van der Waals surface area contributed by atoms with Crippen molar-refractivity contribution in [2.24, 2.45) is 11.8 Å². The van der Waals surface area contributed by atoms with E-state index in [0.717, 1.165) is 13.0 Å². The van der Waals surface area contributed by atoms with Gasteiger partial charge in [-0.3, -0.25) is 9.69 Å². The van der Waals surface area contributed by atoms with Gasteiger partial charge in [0.1, 0.15) is 5.75 Å². The average Bonchev–Trinajstić information content (AvgIpc) is 2.51. The summed E-state index contributed by atoms with van der Waals surface area (Å²) in [6.45, 7) is 2.02. The molecule has 21 heavy (non-hydrogen) atoms. The number of rotatable bonds is 2. The first-order valence-corrected chi connectivity index (χ1v) is 7.14. The minimum Gasteiger partial charge on any atom is -0.497 e. The van der Waals surface area contributed by atoms with Gasteiger partial charge in [0, 0.05) is 24.8 Å². The molecule has 0 radical (unpaired) electrons. The number of likely N-dealkylation sites (tertiary alicyclic amines) is 1. The summed E-state index contributed by atoms with van der Waals surface area (Å²) in [6.07, 6.45) is 0.884. The van der Waals surface area contributed by atoms with E-state index in [2.05, 4.69) is 10.6 Å². The van der Waals surface area contributed by atoms with Crippen molar-refractivity contribution in [1.82, 2.24) is 10.2 Å². The number of carbonyl (C=O) groups excluding carboxylic acids is 2. The topological polar surface area (TPSA) is 70.7 Å². The number of methoxy groups -OCH3 is 1. The molecule has 1 aromatic rings. The molecule has 1 aromatic carbocycles. The van der Waals surface area contributed by atoms with Crippen LogP contribution >= 0.6 is 0 Å². The van der Waals surface area contributed by atoms with Gasteiger partial charge >= 0.3 is 6.03 Å². The molecule has 2 fully saturated rings. The van der Waals surface area contributed by atoms with E-state index in [0.29, 0.717) is 30.4 Å². The standard InChI is InChI=1S/C15H19N3O3/c1-21-13-4-2-3-12(6-13)17-15(20)18-9-10-5-11(14(18)19)8-16-7-10/h2-4,6,10-11,16H,5,7-9H2,1H3,(H,17,20). The maximum absolute atomic E-state index is 12.3. The number of fused-ring (bicyclic) bond motifs is 2. The number of urea groups is 1. The summed E-state index contributed by atoms with van der Waals surface area (Å²) in [6, 6.07) is 6.75. The van der Waals surface area contributed by atoms with Crippen LogP contribution in [0.25, 0.3) is 0 Å². The Balaban J connectivity index is 1.71. The van der Waals surface area contributed by atoms with Crippen molar-refractivity contribution in [2.75, 3.05) is 32.1 Å². The molecule has 2 heterocycles. The van der Waals surface area contributed by atoms with Gasteiger partial charge in [-0.15, -0.1) is 0 Å². The van der Waals surface area contributed by atoms with E-state index in [1.807, 2.05) is 0 Å². The molecule has 0 aromatic heterocycles. The zero-order valence-electron chi connectivity index (χ0n) is 12.0. The Labute approximate surface area is 123 Å². The summed E-state index contributed by atoms with van der Waals surface area (Å²) in [7, 11) is 1.57. The van der Waals surface area contributed by atoms with Crippen molar-refractivity contribution in [2.45, 2.75) is 6.42 Å². The Bertz CT molecular complexity index is 561. The number of hydrogen-bond acceptors (Lipinski definition) is 4. The average molecular weight is 289 g/mol. The molecule has 2 unspecified atom stereocenters. The van der Waals surface area contributed by atoms with Crippen LogP contribution in [0.2, 0.25) is 0 Å². The van der Waals surface area contributed by atoms with Gasteiger partial charge in [0.05, 0.1) is 13.0 Å². The van der Waals surface area contributed by atoms with E-state index in [-0.39, 0.29) is 17.9 Å². The van der Waals surface area contributed by atoms with E-state index >= 15 is 0 Å². The van der Waals surface area contributed by atoms with E-state index in [9.17, 15) is 9.59 Å². The molecule has 0 aliphatic carbocycles. The number of nitrogens with one attached hydrogen (secondary N) is 2. The smallest absolute Gasteiger partial charge is 0.328 e. The lowest BCUT2D eigenvalue weighted by Gasteiger charge is -2.39. The minimum atomic E-state index is -0.357. The van der Waals surface area contributed by atoms with Crippen molar-refractivity contribution in [3.8, 4) is 5.75 Å². The number of nitrogens with zero attached hydrogens (tertiary/aromatic N) is 1. The number of imide groups is 1. The number of amides is 3.